The van der Waals surface area contributed by atoms with Gasteiger partial charge >= 0.3 is 0 Å². The molecule has 1 rings (SSSR count). The number of hydrogen-bond acceptors (Lipinski definition) is 2. The van der Waals surface area contributed by atoms with Crippen molar-refractivity contribution in [2.45, 2.75) is 6.42 Å². The first-order valence-electron chi connectivity index (χ1n) is 3.67. The summed E-state index contributed by atoms with van der Waals surface area (Å²) in [5, 5.41) is 9.22. The summed E-state index contributed by atoms with van der Waals surface area (Å²) in [5.74, 6) is 0.500. The summed E-state index contributed by atoms with van der Waals surface area (Å²) in [7, 11) is 1.50. The molecule has 1 aromatic rings. The van der Waals surface area contributed by atoms with Crippen LogP contribution in [0.1, 0.15) is 5.56 Å². The van der Waals surface area contributed by atoms with Crippen LogP contribution in [0, 0.1) is 6.07 Å². The lowest BCUT2D eigenvalue weighted by molar-refractivity contribution is 0.372. The predicted octanol–water partition coefficient (Wildman–Crippen LogP) is 1.93. The highest BCUT2D eigenvalue weighted by Crippen LogP contribution is 2.25. The Morgan fingerprint density at radius 3 is 3.00 bits per heavy atom. The van der Waals surface area contributed by atoms with Crippen molar-refractivity contribution in [2.24, 2.45) is 0 Å². The van der Waals surface area contributed by atoms with E-state index in [9.17, 15) is 5.11 Å². The van der Waals surface area contributed by atoms with Gasteiger partial charge in [-0.15, -0.1) is 6.58 Å². The fourth-order valence-corrected chi connectivity index (χ4v) is 0.937. The quantitative estimate of drug-likeness (QED) is 0.690. The summed E-state index contributed by atoms with van der Waals surface area (Å²) < 4.78 is 4.89. The van der Waals surface area contributed by atoms with E-state index in [1.54, 1.807) is 18.2 Å². The minimum atomic E-state index is 0.116. The lowest BCUT2D eigenvalue weighted by atomic mass is 10.1. The minimum Gasteiger partial charge on any atom is -0.504 e. The van der Waals surface area contributed by atoms with Gasteiger partial charge in [0.2, 0.25) is 0 Å². The Kier molecular flexibility index (Phi) is 2.75. The molecule has 1 aromatic carbocycles. The molecule has 0 spiro atoms. The molecule has 2 heteroatoms. The smallest absolute Gasteiger partial charge is 0.168 e. The van der Waals surface area contributed by atoms with Crippen LogP contribution in [-0.4, -0.2) is 12.2 Å². The average molecular weight is 163 g/mol. The summed E-state index contributed by atoms with van der Waals surface area (Å²) in [6.07, 6.45) is 2.51. The molecule has 1 N–H and O–H groups in total. The third-order valence-electron chi connectivity index (χ3n) is 1.52. The number of ether oxygens (including phenoxy) is 1. The fraction of sp³-hybridized carbons (Fsp3) is 0.200. The van der Waals surface area contributed by atoms with Crippen molar-refractivity contribution < 1.29 is 9.84 Å². The van der Waals surface area contributed by atoms with Crippen molar-refractivity contribution >= 4 is 0 Å². The molecule has 0 aliphatic rings. The molecule has 12 heavy (non-hydrogen) atoms. The standard InChI is InChI=1S/C10H11O2/c1-3-4-8-5-6-9(11)10(7-8)12-2/h3,5-6,11H,1,4H2,2H3. The van der Waals surface area contributed by atoms with Crippen LogP contribution in [0.5, 0.6) is 11.5 Å². The molecule has 0 aliphatic heterocycles. The zero-order chi connectivity index (χ0) is 8.97. The molecule has 2 nitrogen and oxygen atoms in total. The van der Waals surface area contributed by atoms with Crippen molar-refractivity contribution in [1.29, 1.82) is 0 Å². The predicted molar refractivity (Wildman–Crippen MR) is 47.4 cm³/mol. The van der Waals surface area contributed by atoms with Gasteiger partial charge in [0.1, 0.15) is 0 Å². The Balaban J connectivity index is 2.96. The molecule has 0 unspecified atom stereocenters. The van der Waals surface area contributed by atoms with Crippen molar-refractivity contribution in [2.75, 3.05) is 7.11 Å². The third-order valence-corrected chi connectivity index (χ3v) is 1.52. The van der Waals surface area contributed by atoms with E-state index in [1.165, 1.54) is 7.11 Å². The van der Waals surface area contributed by atoms with Gasteiger partial charge in [-0.1, -0.05) is 12.1 Å². The number of aromatic hydroxyl groups is 1. The fourth-order valence-electron chi connectivity index (χ4n) is 0.937. The Morgan fingerprint density at radius 2 is 2.42 bits per heavy atom. The second kappa shape index (κ2) is 3.81. The minimum absolute atomic E-state index is 0.116. The summed E-state index contributed by atoms with van der Waals surface area (Å²) in [6.45, 7) is 3.61. The van der Waals surface area contributed by atoms with Crippen molar-refractivity contribution in [3.63, 3.8) is 0 Å². The van der Waals surface area contributed by atoms with Gasteiger partial charge in [-0.3, -0.25) is 0 Å². The molecule has 0 saturated carbocycles. The Hall–Kier alpha value is -1.44. The zero-order valence-corrected chi connectivity index (χ0v) is 7.00. The molecule has 0 atom stereocenters. The lowest BCUT2D eigenvalue weighted by Crippen LogP contribution is -1.87. The van der Waals surface area contributed by atoms with Gasteiger partial charge < -0.3 is 9.84 Å². The molecule has 0 saturated heterocycles. The van der Waals surface area contributed by atoms with Crippen LogP contribution in [0.25, 0.3) is 0 Å². The van der Waals surface area contributed by atoms with Gasteiger partial charge in [-0.25, -0.2) is 0 Å². The van der Waals surface area contributed by atoms with Crippen LogP contribution in [0.2, 0.25) is 0 Å². The Morgan fingerprint density at radius 1 is 1.67 bits per heavy atom. The van der Waals surface area contributed by atoms with Crippen LogP contribution < -0.4 is 4.74 Å². The molecule has 0 aromatic heterocycles. The number of phenolic OH excluding ortho intramolecular Hbond substituents is 1. The van der Waals surface area contributed by atoms with Gasteiger partial charge in [0, 0.05) is 6.07 Å². The maximum absolute atomic E-state index is 9.22. The maximum Gasteiger partial charge on any atom is 0.168 e. The Bertz CT molecular complexity index is 279. The van der Waals surface area contributed by atoms with Gasteiger partial charge in [-0.05, 0) is 18.1 Å². The van der Waals surface area contributed by atoms with Gasteiger partial charge in [0.05, 0.1) is 7.11 Å². The number of hydrogen-bond donors (Lipinski definition) is 1. The second-order valence-corrected chi connectivity index (χ2v) is 2.39. The molecular formula is C10H11O2. The van der Waals surface area contributed by atoms with Crippen LogP contribution in [0.4, 0.5) is 0 Å². The van der Waals surface area contributed by atoms with E-state index in [-0.39, 0.29) is 5.75 Å². The number of methoxy groups -OCH3 is 1. The number of benzene rings is 1. The zero-order valence-electron chi connectivity index (χ0n) is 7.00. The highest BCUT2D eigenvalue weighted by molar-refractivity contribution is 5.40. The molecular weight excluding hydrogens is 152 g/mol. The molecule has 1 radical (unpaired) electrons. The van der Waals surface area contributed by atoms with Crippen LogP contribution in [0.15, 0.2) is 24.8 Å². The van der Waals surface area contributed by atoms with E-state index in [4.69, 9.17) is 4.74 Å². The normalized spacial score (nSPS) is 9.42. The van der Waals surface area contributed by atoms with Crippen molar-refractivity contribution in [1.82, 2.24) is 0 Å². The molecule has 0 aliphatic carbocycles. The number of phenols is 1. The van der Waals surface area contributed by atoms with Crippen molar-refractivity contribution in [3.8, 4) is 11.5 Å². The van der Waals surface area contributed by atoms with E-state index in [2.05, 4.69) is 12.6 Å². The Labute approximate surface area is 72.1 Å². The van der Waals surface area contributed by atoms with Gasteiger partial charge in [-0.2, -0.15) is 0 Å². The summed E-state index contributed by atoms with van der Waals surface area (Å²) >= 11 is 0. The van der Waals surface area contributed by atoms with E-state index < -0.39 is 0 Å². The third kappa shape index (κ3) is 1.78. The van der Waals surface area contributed by atoms with Crippen LogP contribution in [0.3, 0.4) is 0 Å². The van der Waals surface area contributed by atoms with Gasteiger partial charge in [0.25, 0.3) is 0 Å². The first-order valence-corrected chi connectivity index (χ1v) is 3.67. The van der Waals surface area contributed by atoms with E-state index in [0.29, 0.717) is 5.75 Å². The first-order chi connectivity index (χ1) is 5.77. The molecule has 0 bridgehead atoms. The molecule has 0 heterocycles. The second-order valence-electron chi connectivity index (χ2n) is 2.39. The van der Waals surface area contributed by atoms with E-state index in [0.717, 1.165) is 12.0 Å². The summed E-state index contributed by atoms with van der Waals surface area (Å²) in [6, 6.07) is 6.30. The topological polar surface area (TPSA) is 29.5 Å². The molecule has 0 fully saturated rings. The monoisotopic (exact) mass is 163 g/mol. The number of allylic oxidation sites excluding steroid dienone is 1. The highest BCUT2D eigenvalue weighted by atomic mass is 16.5. The van der Waals surface area contributed by atoms with E-state index in [1.807, 2.05) is 0 Å². The molecule has 0 amide bonds. The van der Waals surface area contributed by atoms with Crippen LogP contribution in [-0.2, 0) is 6.42 Å². The maximum atomic E-state index is 9.22. The van der Waals surface area contributed by atoms with E-state index >= 15 is 0 Å². The average Bonchev–Trinajstić information content (AvgIpc) is 2.09. The SMILES string of the molecule is C=CCc1[c]c(OC)c(O)cc1. The summed E-state index contributed by atoms with van der Waals surface area (Å²) in [5.41, 5.74) is 0.958. The molecule has 63 valence electrons. The largest absolute Gasteiger partial charge is 0.504 e. The van der Waals surface area contributed by atoms with Crippen LogP contribution >= 0.6 is 0 Å². The summed E-state index contributed by atoms with van der Waals surface area (Å²) in [4.78, 5) is 0. The first kappa shape index (κ1) is 8.65. The highest BCUT2D eigenvalue weighted by Gasteiger charge is 2.01. The lowest BCUT2D eigenvalue weighted by Gasteiger charge is -2.03. The van der Waals surface area contributed by atoms with Crippen molar-refractivity contribution in [3.05, 3.63) is 36.4 Å². The number of rotatable bonds is 3. The van der Waals surface area contributed by atoms with Gasteiger partial charge in [0.15, 0.2) is 11.5 Å².